The molecule has 0 aliphatic heterocycles. The first kappa shape index (κ1) is 29.4. The highest BCUT2D eigenvalue weighted by Crippen LogP contribution is 2.26. The van der Waals surface area contributed by atoms with Gasteiger partial charge in [-0.2, -0.15) is 0 Å². The van der Waals surface area contributed by atoms with Gasteiger partial charge in [0.05, 0.1) is 0 Å². The molecule has 0 aliphatic rings. The van der Waals surface area contributed by atoms with E-state index in [1.165, 1.54) is 0 Å². The van der Waals surface area contributed by atoms with E-state index in [9.17, 15) is 9.59 Å². The molecular formula is C29H31Cl3N2O2S. The van der Waals surface area contributed by atoms with Crippen LogP contribution in [0, 0.1) is 0 Å². The molecule has 0 heterocycles. The summed E-state index contributed by atoms with van der Waals surface area (Å²) in [6, 6.07) is 21.7. The van der Waals surface area contributed by atoms with Crippen molar-refractivity contribution in [3.05, 3.63) is 99.0 Å². The van der Waals surface area contributed by atoms with Gasteiger partial charge in [-0.25, -0.2) is 0 Å². The SMILES string of the molecule is CC(C)(C)NC(=O)[C@H](Cc1ccccc1)N(Cc1ccc(Cl)cc1Cl)C(=O)CCSc1ccc(Cl)cc1. The number of hydrogen-bond donors (Lipinski definition) is 1. The smallest absolute Gasteiger partial charge is 0.243 e. The zero-order chi connectivity index (χ0) is 27.0. The maximum Gasteiger partial charge on any atom is 0.243 e. The van der Waals surface area contributed by atoms with Crippen molar-refractivity contribution in [1.82, 2.24) is 10.2 Å². The van der Waals surface area contributed by atoms with Gasteiger partial charge in [0.2, 0.25) is 11.8 Å². The van der Waals surface area contributed by atoms with Crippen molar-refractivity contribution in [2.24, 2.45) is 0 Å². The van der Waals surface area contributed by atoms with Crippen molar-refractivity contribution in [3.8, 4) is 0 Å². The molecule has 0 bridgehead atoms. The summed E-state index contributed by atoms with van der Waals surface area (Å²) in [6.07, 6.45) is 0.636. The Balaban J connectivity index is 1.89. The van der Waals surface area contributed by atoms with Gasteiger partial charge in [-0.3, -0.25) is 9.59 Å². The van der Waals surface area contributed by atoms with E-state index in [0.717, 1.165) is 16.0 Å². The Kier molecular flexibility index (Phi) is 10.8. The predicted octanol–water partition coefficient (Wildman–Crippen LogP) is 7.68. The molecule has 1 atom stereocenters. The van der Waals surface area contributed by atoms with Gasteiger partial charge in [0.15, 0.2) is 0 Å². The lowest BCUT2D eigenvalue weighted by molar-refractivity contribution is -0.141. The highest BCUT2D eigenvalue weighted by atomic mass is 35.5. The molecule has 0 unspecified atom stereocenters. The molecule has 0 fully saturated rings. The molecule has 4 nitrogen and oxygen atoms in total. The van der Waals surface area contributed by atoms with Crippen LogP contribution in [0.25, 0.3) is 0 Å². The van der Waals surface area contributed by atoms with Gasteiger partial charge in [0, 0.05) is 50.6 Å². The van der Waals surface area contributed by atoms with Crippen LogP contribution in [0.5, 0.6) is 0 Å². The van der Waals surface area contributed by atoms with Gasteiger partial charge in [0.25, 0.3) is 0 Å². The maximum atomic E-state index is 13.7. The lowest BCUT2D eigenvalue weighted by Gasteiger charge is -2.34. The Hall–Kier alpha value is -2.18. The van der Waals surface area contributed by atoms with E-state index in [1.54, 1.807) is 34.9 Å². The molecule has 3 rings (SSSR count). The molecule has 196 valence electrons. The average molecular weight is 578 g/mol. The quantitative estimate of drug-likeness (QED) is 0.251. The van der Waals surface area contributed by atoms with Crippen LogP contribution in [-0.2, 0) is 22.6 Å². The van der Waals surface area contributed by atoms with E-state index in [4.69, 9.17) is 34.8 Å². The molecule has 1 N–H and O–H groups in total. The Morgan fingerprint density at radius 3 is 2.19 bits per heavy atom. The summed E-state index contributed by atoms with van der Waals surface area (Å²) in [7, 11) is 0. The lowest BCUT2D eigenvalue weighted by Crippen LogP contribution is -2.54. The van der Waals surface area contributed by atoms with Crippen LogP contribution < -0.4 is 5.32 Å². The highest BCUT2D eigenvalue weighted by Gasteiger charge is 2.32. The Bertz CT molecular complexity index is 1200. The third kappa shape index (κ3) is 9.57. The van der Waals surface area contributed by atoms with Gasteiger partial charge in [0.1, 0.15) is 6.04 Å². The first-order chi connectivity index (χ1) is 17.5. The van der Waals surface area contributed by atoms with Gasteiger partial charge < -0.3 is 10.2 Å². The number of thioether (sulfide) groups is 1. The van der Waals surface area contributed by atoms with Gasteiger partial charge in [-0.05, 0) is 68.3 Å². The summed E-state index contributed by atoms with van der Waals surface area (Å²) in [5.41, 5.74) is 1.24. The normalized spacial score (nSPS) is 12.2. The van der Waals surface area contributed by atoms with Crippen molar-refractivity contribution in [2.75, 3.05) is 5.75 Å². The minimum absolute atomic E-state index is 0.127. The van der Waals surface area contributed by atoms with Crippen LogP contribution in [0.1, 0.15) is 38.3 Å². The fourth-order valence-corrected chi connectivity index (χ4v) is 5.21. The third-order valence-electron chi connectivity index (χ3n) is 5.52. The molecule has 0 spiro atoms. The maximum absolute atomic E-state index is 13.7. The minimum Gasteiger partial charge on any atom is -0.350 e. The summed E-state index contributed by atoms with van der Waals surface area (Å²) < 4.78 is 0. The number of carbonyl (C=O) groups is 2. The van der Waals surface area contributed by atoms with Crippen molar-refractivity contribution < 1.29 is 9.59 Å². The largest absolute Gasteiger partial charge is 0.350 e. The summed E-state index contributed by atoms with van der Waals surface area (Å²) in [4.78, 5) is 30.0. The molecule has 0 saturated carbocycles. The summed E-state index contributed by atoms with van der Waals surface area (Å²) in [5.74, 6) is 0.224. The molecule has 8 heteroatoms. The average Bonchev–Trinajstić information content (AvgIpc) is 2.83. The molecule has 0 aliphatic carbocycles. The molecule has 37 heavy (non-hydrogen) atoms. The number of amides is 2. The number of carbonyl (C=O) groups excluding carboxylic acids is 2. The monoisotopic (exact) mass is 576 g/mol. The van der Waals surface area contributed by atoms with Crippen LogP contribution in [-0.4, -0.2) is 34.0 Å². The number of benzene rings is 3. The van der Waals surface area contributed by atoms with Crippen LogP contribution >= 0.6 is 46.6 Å². The summed E-state index contributed by atoms with van der Waals surface area (Å²) >= 11 is 20.2. The predicted molar refractivity (Wildman–Crippen MR) is 156 cm³/mol. The zero-order valence-electron chi connectivity index (χ0n) is 21.1. The molecule has 2 amide bonds. The fourth-order valence-electron chi connectivity index (χ4n) is 3.77. The van der Waals surface area contributed by atoms with E-state index in [0.29, 0.717) is 27.2 Å². The molecule has 0 saturated heterocycles. The zero-order valence-corrected chi connectivity index (χ0v) is 24.2. The van der Waals surface area contributed by atoms with Crippen molar-refractivity contribution >= 4 is 58.4 Å². The Labute approximate surface area is 238 Å². The van der Waals surface area contributed by atoms with Crippen LogP contribution in [0.15, 0.2) is 77.7 Å². The van der Waals surface area contributed by atoms with E-state index in [2.05, 4.69) is 5.32 Å². The lowest BCUT2D eigenvalue weighted by atomic mass is 10.0. The second-order valence-electron chi connectivity index (χ2n) is 9.75. The van der Waals surface area contributed by atoms with Crippen molar-refractivity contribution in [3.63, 3.8) is 0 Å². The molecule has 3 aromatic carbocycles. The topological polar surface area (TPSA) is 49.4 Å². The van der Waals surface area contributed by atoms with Crippen LogP contribution in [0.2, 0.25) is 15.1 Å². The number of nitrogens with one attached hydrogen (secondary N) is 1. The number of nitrogens with zero attached hydrogens (tertiary/aromatic N) is 1. The Morgan fingerprint density at radius 1 is 0.919 bits per heavy atom. The number of hydrogen-bond acceptors (Lipinski definition) is 3. The first-order valence-electron chi connectivity index (χ1n) is 12.0. The van der Waals surface area contributed by atoms with Gasteiger partial charge in [-0.1, -0.05) is 71.2 Å². The number of halogens is 3. The van der Waals surface area contributed by atoms with Gasteiger partial charge >= 0.3 is 0 Å². The van der Waals surface area contributed by atoms with E-state index in [-0.39, 0.29) is 24.8 Å². The minimum atomic E-state index is -0.721. The molecule has 3 aromatic rings. The standard InChI is InChI=1S/C29H31Cl3N2O2S/c1-29(2,3)33-28(36)26(17-20-7-5-4-6-8-20)34(19-21-9-10-23(31)18-25(21)32)27(35)15-16-37-24-13-11-22(30)12-14-24/h4-14,18,26H,15-17,19H2,1-3H3,(H,33,36)/t26-/m0/s1. The Morgan fingerprint density at radius 2 is 1.57 bits per heavy atom. The second-order valence-corrected chi connectivity index (χ2v) is 12.2. The second kappa shape index (κ2) is 13.6. The van der Waals surface area contributed by atoms with Gasteiger partial charge in [-0.15, -0.1) is 11.8 Å². The summed E-state index contributed by atoms with van der Waals surface area (Å²) in [5, 5.41) is 4.70. The third-order valence-corrected chi connectivity index (χ3v) is 7.38. The molecule has 0 aromatic heterocycles. The van der Waals surface area contributed by atoms with E-state index in [1.807, 2.05) is 75.4 Å². The van der Waals surface area contributed by atoms with Crippen LogP contribution in [0.3, 0.4) is 0 Å². The van der Waals surface area contributed by atoms with Crippen molar-refractivity contribution in [1.29, 1.82) is 0 Å². The van der Waals surface area contributed by atoms with Crippen LogP contribution in [0.4, 0.5) is 0 Å². The van der Waals surface area contributed by atoms with Crippen molar-refractivity contribution in [2.45, 2.75) is 56.6 Å². The number of rotatable bonds is 10. The molecular weight excluding hydrogens is 547 g/mol. The molecule has 0 radical (unpaired) electrons. The van der Waals surface area contributed by atoms with E-state index >= 15 is 0 Å². The summed E-state index contributed by atoms with van der Waals surface area (Å²) in [6.45, 7) is 5.97. The highest BCUT2D eigenvalue weighted by molar-refractivity contribution is 7.99. The van der Waals surface area contributed by atoms with E-state index < -0.39 is 11.6 Å². The fraction of sp³-hybridized carbons (Fsp3) is 0.310. The first-order valence-corrected chi connectivity index (χ1v) is 14.1.